The minimum Gasteiger partial charge on any atom is -0.406 e. The normalized spacial score (nSPS) is 24.9. The van der Waals surface area contributed by atoms with Crippen LogP contribution in [-0.2, 0) is 11.3 Å². The first-order valence-electron chi connectivity index (χ1n) is 13.9. The molecule has 0 spiro atoms. The quantitative estimate of drug-likeness (QED) is 0.206. The third-order valence-electron chi connectivity index (χ3n) is 8.35. The number of halogens is 3. The van der Waals surface area contributed by atoms with E-state index in [0.717, 1.165) is 36.8 Å². The van der Waals surface area contributed by atoms with Gasteiger partial charge in [-0.3, -0.25) is 9.69 Å². The Bertz CT molecular complexity index is 1070. The zero-order valence-corrected chi connectivity index (χ0v) is 22.2. The number of benzene rings is 1. The fourth-order valence-corrected chi connectivity index (χ4v) is 6.36. The molecule has 0 heterocycles. The molecule has 0 saturated heterocycles. The summed E-state index contributed by atoms with van der Waals surface area (Å²) < 4.78 is 41.9. The molecule has 0 radical (unpaired) electrons. The maximum absolute atomic E-state index is 12.6. The van der Waals surface area contributed by atoms with E-state index in [9.17, 15) is 18.0 Å². The molecule has 7 nitrogen and oxygen atoms in total. The van der Waals surface area contributed by atoms with Gasteiger partial charge in [0.15, 0.2) is 0 Å². The summed E-state index contributed by atoms with van der Waals surface area (Å²) in [6, 6.07) is 7.58. The molecule has 3 aliphatic rings. The second kappa shape index (κ2) is 13.4. The molecular weight excluding hydrogens is 507 g/mol. The molecule has 4 rings (SSSR count). The number of guanidine groups is 1. The monoisotopic (exact) mass is 545 g/mol. The summed E-state index contributed by atoms with van der Waals surface area (Å²) >= 11 is 0. The molecule has 10 heteroatoms. The van der Waals surface area contributed by atoms with Crippen LogP contribution >= 0.6 is 0 Å². The lowest BCUT2D eigenvalue weighted by atomic mass is 9.72. The van der Waals surface area contributed by atoms with Crippen molar-refractivity contribution in [3.05, 3.63) is 59.4 Å². The number of rotatable bonds is 8. The lowest BCUT2D eigenvalue weighted by Crippen LogP contribution is -2.41. The number of hydrogen-bond acceptors (Lipinski definition) is 4. The standard InChI is InChI=1S/C29H38F3N5O2/c30-29(31,32)39-26-16-8-21(9-17-26)19-37(25-14-12-23(13-15-25)22-4-2-1-3-5-22)18-20-6-10-24(11-7-20)27(38)35-28(33)36-34/h6-8,10-11,16-17,21-23,25,34H,1-5,9,12-15,18-19H2,(H2,33,35,38). The Kier molecular flexibility index (Phi) is 9.94. The number of nitrogens with one attached hydrogen (secondary N) is 1. The van der Waals surface area contributed by atoms with Crippen molar-refractivity contribution in [2.24, 2.45) is 33.6 Å². The van der Waals surface area contributed by atoms with Crippen LogP contribution < -0.4 is 5.73 Å². The van der Waals surface area contributed by atoms with Crippen molar-refractivity contribution >= 4 is 11.9 Å². The number of nitrogens with zero attached hydrogens (tertiary/aromatic N) is 3. The van der Waals surface area contributed by atoms with Gasteiger partial charge in [-0.1, -0.05) is 50.3 Å². The first-order chi connectivity index (χ1) is 18.7. The second-order valence-corrected chi connectivity index (χ2v) is 11.0. The highest BCUT2D eigenvalue weighted by atomic mass is 19.4. The predicted octanol–water partition coefficient (Wildman–Crippen LogP) is 7.11. The van der Waals surface area contributed by atoms with E-state index >= 15 is 0 Å². The number of allylic oxidation sites excluding steroid dienone is 2. The molecule has 3 N–H and O–H groups in total. The topological polar surface area (TPSA) is 104 Å². The number of hydrogen-bond donors (Lipinski definition) is 2. The minimum absolute atomic E-state index is 0.0911. The minimum atomic E-state index is -4.69. The molecule has 1 aromatic carbocycles. The van der Waals surface area contributed by atoms with Crippen LogP contribution in [0.2, 0.25) is 0 Å². The predicted molar refractivity (Wildman–Crippen MR) is 143 cm³/mol. The number of ether oxygens (including phenoxy) is 1. The molecule has 2 fully saturated rings. The summed E-state index contributed by atoms with van der Waals surface area (Å²) in [6.07, 6.45) is 12.1. The molecule has 1 atom stereocenters. The summed E-state index contributed by atoms with van der Waals surface area (Å²) in [6.45, 7) is 1.41. The van der Waals surface area contributed by atoms with E-state index < -0.39 is 18.2 Å². The van der Waals surface area contributed by atoms with Crippen molar-refractivity contribution in [1.82, 2.24) is 4.90 Å². The molecule has 39 heavy (non-hydrogen) atoms. The molecule has 1 amide bonds. The van der Waals surface area contributed by atoms with Gasteiger partial charge in [-0.2, -0.15) is 4.99 Å². The van der Waals surface area contributed by atoms with Gasteiger partial charge in [0.25, 0.3) is 5.91 Å². The molecule has 0 aliphatic heterocycles. The highest BCUT2D eigenvalue weighted by Gasteiger charge is 2.33. The van der Waals surface area contributed by atoms with E-state index in [1.165, 1.54) is 57.1 Å². The zero-order chi connectivity index (χ0) is 27.8. The van der Waals surface area contributed by atoms with E-state index in [1.807, 2.05) is 18.2 Å². The number of aliphatic imine (C=N–C) groups is 1. The molecule has 1 unspecified atom stereocenters. The third kappa shape index (κ3) is 8.74. The summed E-state index contributed by atoms with van der Waals surface area (Å²) in [7, 11) is 0. The van der Waals surface area contributed by atoms with Gasteiger partial charge in [0.1, 0.15) is 5.76 Å². The van der Waals surface area contributed by atoms with Crippen LogP contribution in [0.3, 0.4) is 0 Å². The smallest absolute Gasteiger partial charge is 0.406 e. The SMILES string of the molecule is N=NC(N)=NC(=O)c1ccc(CN(CC2C=CC(OC(F)(F)F)=CC2)C2CCC(C3CCCCC3)CC2)cc1. The van der Waals surface area contributed by atoms with Gasteiger partial charge < -0.3 is 10.5 Å². The van der Waals surface area contributed by atoms with E-state index in [4.69, 9.17) is 11.3 Å². The van der Waals surface area contributed by atoms with E-state index in [2.05, 4.69) is 19.7 Å². The summed E-state index contributed by atoms with van der Waals surface area (Å²) in [5, 5.41) is 2.95. The van der Waals surface area contributed by atoms with Gasteiger partial charge in [0.2, 0.25) is 5.96 Å². The van der Waals surface area contributed by atoms with Crippen molar-refractivity contribution in [2.45, 2.75) is 83.2 Å². The van der Waals surface area contributed by atoms with Crippen molar-refractivity contribution in [2.75, 3.05) is 6.54 Å². The zero-order valence-electron chi connectivity index (χ0n) is 22.2. The van der Waals surface area contributed by atoms with Crippen LogP contribution in [0.5, 0.6) is 0 Å². The van der Waals surface area contributed by atoms with E-state index in [-0.39, 0.29) is 11.7 Å². The van der Waals surface area contributed by atoms with Gasteiger partial charge in [0.05, 0.1) is 0 Å². The van der Waals surface area contributed by atoms with E-state index in [0.29, 0.717) is 24.6 Å². The van der Waals surface area contributed by atoms with Gasteiger partial charge in [-0.05, 0) is 79.7 Å². The molecule has 0 aromatic heterocycles. The lowest BCUT2D eigenvalue weighted by molar-refractivity contribution is -0.303. The molecule has 3 aliphatic carbocycles. The molecular formula is C29H38F3N5O2. The number of alkyl halides is 3. The van der Waals surface area contributed by atoms with Gasteiger partial charge in [-0.15, -0.1) is 18.3 Å². The number of nitrogens with two attached hydrogens (primary N) is 1. The van der Waals surface area contributed by atoms with Crippen molar-refractivity contribution in [3.63, 3.8) is 0 Å². The second-order valence-electron chi connectivity index (χ2n) is 11.0. The fourth-order valence-electron chi connectivity index (χ4n) is 6.36. The maximum Gasteiger partial charge on any atom is 0.573 e. The van der Waals surface area contributed by atoms with Gasteiger partial charge in [0, 0.05) is 24.7 Å². The fraction of sp³-hybridized carbons (Fsp3) is 0.586. The lowest BCUT2D eigenvalue weighted by Gasteiger charge is -2.41. The first-order valence-corrected chi connectivity index (χ1v) is 13.9. The Hall–Kier alpha value is -3.01. The van der Waals surface area contributed by atoms with E-state index in [1.54, 1.807) is 12.1 Å². The van der Waals surface area contributed by atoms with Crippen LogP contribution in [-0.4, -0.2) is 35.7 Å². The number of carbonyl (C=O) groups excluding carboxylic acids is 1. The maximum atomic E-state index is 12.6. The van der Waals surface area contributed by atoms with Crippen molar-refractivity contribution in [3.8, 4) is 0 Å². The summed E-state index contributed by atoms with van der Waals surface area (Å²) in [4.78, 5) is 18.3. The summed E-state index contributed by atoms with van der Waals surface area (Å²) in [5.74, 6) is 0.655. The Morgan fingerprint density at radius 1 is 1.03 bits per heavy atom. The Balaban J connectivity index is 1.42. The number of amides is 1. The Morgan fingerprint density at radius 3 is 2.28 bits per heavy atom. The number of carbonyl (C=O) groups is 1. The van der Waals surface area contributed by atoms with Gasteiger partial charge in [-0.25, -0.2) is 5.53 Å². The van der Waals surface area contributed by atoms with Crippen molar-refractivity contribution in [1.29, 1.82) is 5.53 Å². The third-order valence-corrected chi connectivity index (χ3v) is 8.35. The molecule has 2 saturated carbocycles. The average Bonchev–Trinajstić information content (AvgIpc) is 2.94. The Labute approximate surface area is 227 Å². The van der Waals surface area contributed by atoms with Crippen LogP contribution in [0.1, 0.15) is 80.1 Å². The van der Waals surface area contributed by atoms with Crippen LogP contribution in [0.15, 0.2) is 58.4 Å². The molecule has 0 bridgehead atoms. The molecule has 1 aromatic rings. The Morgan fingerprint density at radius 2 is 1.69 bits per heavy atom. The summed E-state index contributed by atoms with van der Waals surface area (Å²) in [5.41, 5.74) is 13.6. The van der Waals surface area contributed by atoms with Crippen molar-refractivity contribution < 1.29 is 22.7 Å². The van der Waals surface area contributed by atoms with Crippen LogP contribution in [0, 0.1) is 23.3 Å². The molecule has 212 valence electrons. The van der Waals surface area contributed by atoms with Crippen LogP contribution in [0.4, 0.5) is 13.2 Å². The van der Waals surface area contributed by atoms with Crippen LogP contribution in [0.25, 0.3) is 0 Å². The highest BCUT2D eigenvalue weighted by Crippen LogP contribution is 2.40. The highest BCUT2D eigenvalue weighted by molar-refractivity contribution is 6.02. The average molecular weight is 546 g/mol. The first kappa shape index (κ1) is 29.0. The largest absolute Gasteiger partial charge is 0.573 e. The van der Waals surface area contributed by atoms with Gasteiger partial charge >= 0.3 is 6.36 Å².